The maximum Gasteiger partial charge on any atom is 0.331 e. The van der Waals surface area contributed by atoms with Crippen LogP contribution in [-0.2, 0) is 61.9 Å². The molecule has 346 valence electrons. The molecule has 3 N–H and O–H groups in total. The predicted octanol–water partition coefficient (Wildman–Crippen LogP) is 4.92. The Morgan fingerprint density at radius 3 is 2.21 bits per heavy atom. The monoisotopic (exact) mass is 874 g/mol. The fourth-order valence-electron chi connectivity index (χ4n) is 8.46. The lowest BCUT2D eigenvalue weighted by Crippen LogP contribution is -2.62. The van der Waals surface area contributed by atoms with Gasteiger partial charge in [-0.1, -0.05) is 63.6 Å². The molecule has 3 fully saturated rings. The van der Waals surface area contributed by atoms with Crippen LogP contribution in [0.1, 0.15) is 113 Å². The van der Waals surface area contributed by atoms with Gasteiger partial charge in [-0.05, 0) is 64.4 Å². The van der Waals surface area contributed by atoms with Gasteiger partial charge in [0.05, 0.1) is 50.2 Å². The average Bonchev–Trinajstić information content (AvgIpc) is 3.18. The van der Waals surface area contributed by atoms with Crippen molar-refractivity contribution in [1.29, 1.82) is 0 Å². The van der Waals surface area contributed by atoms with Gasteiger partial charge >= 0.3 is 29.8 Å². The smallest absolute Gasteiger partial charge is 0.331 e. The maximum absolute atomic E-state index is 13.3. The molecule has 4 aliphatic heterocycles. The SMILES string of the molecule is C/C=C/C=C/C(=O)O[C@H]1/C(=C/C(=O)OC)C[C@H]2CC[C@H](C(C)O)OC(=O)CCC[C@@H]3CC(OC(C)=O)C(C)(C)[C@](O)(C[C@@H]4C/C(=C/C(=O)OC)C[C@H](/C=C/C(C)(C)[C@]1(O)O2)O4)O3. The molecule has 16 heteroatoms. The van der Waals surface area contributed by atoms with E-state index in [4.69, 9.17) is 37.9 Å². The van der Waals surface area contributed by atoms with Crippen LogP contribution < -0.4 is 0 Å². The summed E-state index contributed by atoms with van der Waals surface area (Å²) in [5.74, 6) is -7.60. The van der Waals surface area contributed by atoms with Gasteiger partial charge in [0.15, 0.2) is 11.9 Å². The number of aliphatic hydroxyl groups is 3. The van der Waals surface area contributed by atoms with E-state index in [1.165, 1.54) is 40.2 Å². The first-order valence-corrected chi connectivity index (χ1v) is 21.3. The number of methoxy groups -OCH3 is 2. The zero-order chi connectivity index (χ0) is 46.0. The normalized spacial score (nSPS) is 35.5. The van der Waals surface area contributed by atoms with Crippen LogP contribution in [-0.4, -0.2) is 120 Å². The number of ether oxygens (including phenoxy) is 8. The summed E-state index contributed by atoms with van der Waals surface area (Å²) < 4.78 is 46.9. The molecular formula is C46H66O16. The van der Waals surface area contributed by atoms with Crippen LogP contribution in [0.4, 0.5) is 0 Å². The Morgan fingerprint density at radius 2 is 1.56 bits per heavy atom. The largest absolute Gasteiger partial charge is 0.466 e. The minimum absolute atomic E-state index is 0.00170. The molecule has 0 aromatic heterocycles. The Labute approximate surface area is 364 Å². The van der Waals surface area contributed by atoms with Crippen LogP contribution in [0.5, 0.6) is 0 Å². The summed E-state index contributed by atoms with van der Waals surface area (Å²) in [6, 6.07) is 0. The summed E-state index contributed by atoms with van der Waals surface area (Å²) in [7, 11) is 2.45. The highest BCUT2D eigenvalue weighted by molar-refractivity contribution is 5.84. The quantitative estimate of drug-likeness (QED) is 0.102. The van der Waals surface area contributed by atoms with E-state index in [9.17, 15) is 39.3 Å². The number of carbonyl (C=O) groups is 5. The number of carbonyl (C=O) groups excluding carboxylic acids is 5. The number of cyclic esters (lactones) is 1. The summed E-state index contributed by atoms with van der Waals surface area (Å²) in [5, 5.41) is 36.1. The number of allylic oxidation sites excluding steroid dienone is 3. The number of esters is 5. The Kier molecular flexibility index (Phi) is 17.5. The summed E-state index contributed by atoms with van der Waals surface area (Å²) in [6.45, 7) is 11.3. The van der Waals surface area contributed by atoms with Crippen molar-refractivity contribution in [3.05, 3.63) is 59.8 Å². The van der Waals surface area contributed by atoms with E-state index >= 15 is 0 Å². The first kappa shape index (κ1) is 50.5. The third-order valence-electron chi connectivity index (χ3n) is 12.2. The lowest BCUT2D eigenvalue weighted by atomic mass is 9.70. The summed E-state index contributed by atoms with van der Waals surface area (Å²) in [4.78, 5) is 64.2. The van der Waals surface area contributed by atoms with Crippen molar-refractivity contribution in [3.63, 3.8) is 0 Å². The van der Waals surface area contributed by atoms with Gasteiger partial charge in [-0.25, -0.2) is 14.4 Å². The first-order valence-electron chi connectivity index (χ1n) is 21.3. The Hall–Kier alpha value is -4.19. The fraction of sp³-hybridized carbons (Fsp3) is 0.674. The minimum Gasteiger partial charge on any atom is -0.466 e. The van der Waals surface area contributed by atoms with E-state index in [-0.39, 0.29) is 63.4 Å². The topological polar surface area (TPSA) is 220 Å². The van der Waals surface area contributed by atoms with E-state index in [1.54, 1.807) is 58.9 Å². The number of rotatable bonds is 7. The van der Waals surface area contributed by atoms with Crippen molar-refractivity contribution < 1.29 is 77.2 Å². The third-order valence-corrected chi connectivity index (χ3v) is 12.2. The molecule has 16 nitrogen and oxygen atoms in total. The van der Waals surface area contributed by atoms with Crippen LogP contribution in [0.25, 0.3) is 0 Å². The molecule has 0 amide bonds. The Morgan fingerprint density at radius 1 is 0.871 bits per heavy atom. The molecule has 4 aliphatic rings. The Balaban J connectivity index is 1.86. The second kappa shape index (κ2) is 21.5. The van der Waals surface area contributed by atoms with Crippen LogP contribution in [0, 0.1) is 10.8 Å². The van der Waals surface area contributed by atoms with Crippen molar-refractivity contribution >= 4 is 29.8 Å². The van der Waals surface area contributed by atoms with Gasteiger partial charge < -0.3 is 53.2 Å². The lowest BCUT2D eigenvalue weighted by Gasteiger charge is -2.53. The van der Waals surface area contributed by atoms with Crippen molar-refractivity contribution in [2.24, 2.45) is 10.8 Å². The second-order valence-corrected chi connectivity index (χ2v) is 17.7. The van der Waals surface area contributed by atoms with Crippen LogP contribution in [0.2, 0.25) is 0 Å². The predicted molar refractivity (Wildman–Crippen MR) is 222 cm³/mol. The molecular weight excluding hydrogens is 808 g/mol. The van der Waals surface area contributed by atoms with E-state index in [0.29, 0.717) is 12.0 Å². The highest BCUT2D eigenvalue weighted by Crippen LogP contribution is 2.50. The van der Waals surface area contributed by atoms with E-state index in [2.05, 4.69) is 0 Å². The van der Waals surface area contributed by atoms with Gasteiger partial charge in [-0.2, -0.15) is 0 Å². The first-order chi connectivity index (χ1) is 29.1. The number of aliphatic hydroxyl groups excluding tert-OH is 1. The standard InChI is InChI=1S/C46H66O16/c1-10-11-12-15-39(50)60-42-31(25-41(52)56-9)24-34-17-18-36(28(2)47)59-38(49)16-13-14-33-26-37(57-29(3)48)44(6,7)45(53,61-33)27-35-22-30(23-40(51)55-8)21-32(58-35)19-20-43(4,5)46(42,54)62-34/h10-12,15,19-20,23,25,28,32-37,42,47,53-54H,13-14,16-18,21-22,24,26-27H2,1-9H3/b11-10+,15-12+,20-19+,30-23+,31-25+/t28?,32-,33+,34+,35-,36+,37?,42-,45-,46+/m0/s1. The average molecular weight is 875 g/mol. The van der Waals surface area contributed by atoms with E-state index in [0.717, 1.165) is 12.2 Å². The zero-order valence-corrected chi connectivity index (χ0v) is 37.5. The zero-order valence-electron chi connectivity index (χ0n) is 37.5. The molecule has 4 rings (SSSR count). The molecule has 62 heavy (non-hydrogen) atoms. The van der Waals surface area contributed by atoms with Crippen molar-refractivity contribution in [2.45, 2.75) is 173 Å². The number of hydrogen-bond acceptors (Lipinski definition) is 16. The van der Waals surface area contributed by atoms with Crippen molar-refractivity contribution in [1.82, 2.24) is 0 Å². The van der Waals surface area contributed by atoms with Crippen molar-refractivity contribution in [2.75, 3.05) is 14.2 Å². The molecule has 0 aliphatic carbocycles. The number of hydrogen-bond donors (Lipinski definition) is 3. The molecule has 0 spiro atoms. The van der Waals surface area contributed by atoms with Gasteiger partial charge in [0.25, 0.3) is 0 Å². The Bertz CT molecular complexity index is 1770. The molecule has 0 saturated carbocycles. The van der Waals surface area contributed by atoms with E-state index < -0.39 is 101 Å². The molecule has 10 atom stereocenters. The third kappa shape index (κ3) is 12.7. The van der Waals surface area contributed by atoms with E-state index in [1.807, 2.05) is 0 Å². The highest BCUT2D eigenvalue weighted by atomic mass is 16.7. The molecule has 0 aromatic carbocycles. The van der Waals surface area contributed by atoms with Crippen LogP contribution in [0.3, 0.4) is 0 Å². The summed E-state index contributed by atoms with van der Waals surface area (Å²) in [5.41, 5.74) is -1.75. The fourth-order valence-corrected chi connectivity index (χ4v) is 8.46. The number of fused-ring (bicyclic) bond motifs is 6. The molecule has 0 radical (unpaired) electrons. The van der Waals surface area contributed by atoms with Gasteiger partial charge in [0.2, 0.25) is 5.79 Å². The minimum atomic E-state index is -2.36. The van der Waals surface area contributed by atoms with Gasteiger partial charge in [0, 0.05) is 49.8 Å². The molecule has 6 bridgehead atoms. The van der Waals surface area contributed by atoms with Gasteiger partial charge in [-0.3, -0.25) is 9.59 Å². The molecule has 4 heterocycles. The molecule has 2 unspecified atom stereocenters. The highest BCUT2D eigenvalue weighted by Gasteiger charge is 2.59. The van der Waals surface area contributed by atoms with Crippen LogP contribution >= 0.6 is 0 Å². The maximum atomic E-state index is 13.3. The lowest BCUT2D eigenvalue weighted by molar-refractivity contribution is -0.347. The summed E-state index contributed by atoms with van der Waals surface area (Å²) >= 11 is 0. The van der Waals surface area contributed by atoms with Gasteiger partial charge in [0.1, 0.15) is 12.2 Å². The second-order valence-electron chi connectivity index (χ2n) is 17.7. The van der Waals surface area contributed by atoms with Crippen molar-refractivity contribution in [3.8, 4) is 0 Å². The molecule has 0 aromatic rings. The summed E-state index contributed by atoms with van der Waals surface area (Å²) in [6.07, 6.45) is 5.70. The van der Waals surface area contributed by atoms with Crippen LogP contribution in [0.15, 0.2) is 59.8 Å². The molecule has 3 saturated heterocycles. The van der Waals surface area contributed by atoms with Gasteiger partial charge in [-0.15, -0.1) is 0 Å².